The van der Waals surface area contributed by atoms with Gasteiger partial charge in [0.2, 0.25) is 0 Å². The molecule has 3 N–H and O–H groups in total. The Morgan fingerprint density at radius 2 is 2.20 bits per heavy atom. The maximum atomic E-state index is 11.6. The molecule has 0 aliphatic carbocycles. The Labute approximate surface area is 119 Å². The molecule has 1 aromatic heterocycles. The predicted octanol–water partition coefficient (Wildman–Crippen LogP) is 0.979. The van der Waals surface area contributed by atoms with Gasteiger partial charge in [0.05, 0.1) is 7.11 Å². The molecule has 0 unspecified atom stereocenters. The number of urea groups is 1. The minimum absolute atomic E-state index is 0.0493. The van der Waals surface area contributed by atoms with Gasteiger partial charge >= 0.3 is 18.0 Å². The van der Waals surface area contributed by atoms with Gasteiger partial charge in [-0.25, -0.2) is 14.6 Å². The monoisotopic (exact) mass is 301 g/mol. The first kappa shape index (κ1) is 15.9. The molecule has 1 heterocycles. The van der Waals surface area contributed by atoms with Gasteiger partial charge in [0.25, 0.3) is 0 Å². The Hall–Kier alpha value is -2.16. The van der Waals surface area contributed by atoms with Gasteiger partial charge in [-0.05, 0) is 13.3 Å². The van der Waals surface area contributed by atoms with E-state index >= 15 is 0 Å². The molecule has 0 saturated carbocycles. The van der Waals surface area contributed by atoms with Crippen LogP contribution in [-0.4, -0.2) is 41.2 Å². The quantitative estimate of drug-likeness (QED) is 0.674. The van der Waals surface area contributed by atoms with Crippen molar-refractivity contribution in [2.24, 2.45) is 0 Å². The van der Waals surface area contributed by atoms with E-state index in [0.717, 1.165) is 4.88 Å². The maximum Gasteiger partial charge on any atom is 0.326 e. The van der Waals surface area contributed by atoms with Gasteiger partial charge in [-0.1, -0.05) is 0 Å². The minimum atomic E-state index is -1.22. The number of carbonyl (C=O) groups excluding carboxylic acids is 2. The van der Waals surface area contributed by atoms with Crippen molar-refractivity contribution < 1.29 is 24.2 Å². The Morgan fingerprint density at radius 3 is 2.70 bits per heavy atom. The molecule has 0 bridgehead atoms. The average Bonchev–Trinajstić information content (AvgIpc) is 2.78. The molecule has 9 heteroatoms. The van der Waals surface area contributed by atoms with E-state index in [1.165, 1.54) is 18.4 Å². The Morgan fingerprint density at radius 1 is 1.50 bits per heavy atom. The number of rotatable bonds is 6. The summed E-state index contributed by atoms with van der Waals surface area (Å²) in [6, 6.07) is -1.85. The van der Waals surface area contributed by atoms with Crippen LogP contribution in [0.3, 0.4) is 0 Å². The lowest BCUT2D eigenvalue weighted by Crippen LogP contribution is -2.43. The van der Waals surface area contributed by atoms with Crippen molar-refractivity contribution in [1.82, 2.24) is 10.3 Å². The van der Waals surface area contributed by atoms with Crippen LogP contribution in [-0.2, 0) is 14.3 Å². The first-order valence-corrected chi connectivity index (χ1v) is 6.53. The van der Waals surface area contributed by atoms with Gasteiger partial charge < -0.3 is 15.2 Å². The highest BCUT2D eigenvalue weighted by atomic mass is 32.1. The Bertz CT molecular complexity index is 502. The van der Waals surface area contributed by atoms with Crippen molar-refractivity contribution in [3.8, 4) is 0 Å². The summed E-state index contributed by atoms with van der Waals surface area (Å²) < 4.78 is 4.42. The second-order valence-electron chi connectivity index (χ2n) is 3.88. The third-order valence-electron chi connectivity index (χ3n) is 2.31. The summed E-state index contributed by atoms with van der Waals surface area (Å²) in [4.78, 5) is 38.4. The van der Waals surface area contributed by atoms with Crippen LogP contribution in [0.15, 0.2) is 6.20 Å². The van der Waals surface area contributed by atoms with E-state index in [9.17, 15) is 14.4 Å². The zero-order chi connectivity index (χ0) is 15.1. The molecule has 8 nitrogen and oxygen atoms in total. The standard InChI is InChI=1S/C11H15N3O5S/c1-6-5-12-11(20-6)14-10(18)13-7(9(16)17)3-4-8(15)19-2/h5,7H,3-4H2,1-2H3,(H,16,17)(H2,12,13,14,18)/t7-/m0/s1. The number of nitrogens with zero attached hydrogens (tertiary/aromatic N) is 1. The lowest BCUT2D eigenvalue weighted by molar-refractivity contribution is -0.142. The van der Waals surface area contributed by atoms with E-state index in [1.54, 1.807) is 6.20 Å². The molecule has 110 valence electrons. The van der Waals surface area contributed by atoms with Crippen molar-refractivity contribution in [3.63, 3.8) is 0 Å². The fraction of sp³-hybridized carbons (Fsp3) is 0.455. The number of thiazole rings is 1. The van der Waals surface area contributed by atoms with Crippen LogP contribution >= 0.6 is 11.3 Å². The van der Waals surface area contributed by atoms with Crippen molar-refractivity contribution in [1.29, 1.82) is 0 Å². The van der Waals surface area contributed by atoms with Gasteiger partial charge in [-0.2, -0.15) is 0 Å². The molecule has 1 atom stereocenters. The van der Waals surface area contributed by atoms with E-state index in [1.807, 2.05) is 6.92 Å². The topological polar surface area (TPSA) is 118 Å². The number of carboxylic acid groups (broad SMARTS) is 1. The summed E-state index contributed by atoms with van der Waals surface area (Å²) in [6.07, 6.45) is 1.45. The third-order valence-corrected chi connectivity index (χ3v) is 3.14. The molecule has 1 aromatic rings. The predicted molar refractivity (Wildman–Crippen MR) is 71.7 cm³/mol. The Balaban J connectivity index is 2.50. The lowest BCUT2D eigenvalue weighted by Gasteiger charge is -2.13. The zero-order valence-corrected chi connectivity index (χ0v) is 11.8. The lowest BCUT2D eigenvalue weighted by atomic mass is 10.1. The van der Waals surface area contributed by atoms with Gasteiger partial charge in [0.15, 0.2) is 5.13 Å². The number of hydrogen-bond acceptors (Lipinski definition) is 6. The molecule has 0 radical (unpaired) electrons. The van der Waals surface area contributed by atoms with Crippen LogP contribution in [0.4, 0.5) is 9.93 Å². The number of hydrogen-bond donors (Lipinski definition) is 3. The first-order chi connectivity index (χ1) is 9.42. The number of nitrogens with one attached hydrogen (secondary N) is 2. The SMILES string of the molecule is COC(=O)CC[C@H](NC(=O)Nc1ncc(C)s1)C(=O)O. The molecular weight excluding hydrogens is 286 g/mol. The number of ether oxygens (including phenoxy) is 1. The number of esters is 1. The summed E-state index contributed by atoms with van der Waals surface area (Å²) in [6.45, 7) is 1.83. The molecule has 1 rings (SSSR count). The fourth-order valence-corrected chi connectivity index (χ4v) is 1.99. The number of amides is 2. The van der Waals surface area contributed by atoms with Crippen molar-refractivity contribution in [2.45, 2.75) is 25.8 Å². The highest BCUT2D eigenvalue weighted by Gasteiger charge is 2.21. The van der Waals surface area contributed by atoms with Crippen LogP contribution < -0.4 is 10.6 Å². The van der Waals surface area contributed by atoms with Gasteiger partial charge in [-0.3, -0.25) is 10.1 Å². The highest BCUT2D eigenvalue weighted by molar-refractivity contribution is 7.15. The van der Waals surface area contributed by atoms with Gasteiger partial charge in [0, 0.05) is 17.5 Å². The van der Waals surface area contributed by atoms with E-state index in [0.29, 0.717) is 5.13 Å². The minimum Gasteiger partial charge on any atom is -0.480 e. The number of methoxy groups -OCH3 is 1. The smallest absolute Gasteiger partial charge is 0.326 e. The number of aryl methyl sites for hydroxylation is 1. The second-order valence-corrected chi connectivity index (χ2v) is 5.11. The largest absolute Gasteiger partial charge is 0.480 e. The molecule has 0 spiro atoms. The maximum absolute atomic E-state index is 11.6. The van der Waals surface area contributed by atoms with E-state index < -0.39 is 24.0 Å². The molecule has 0 aromatic carbocycles. The van der Waals surface area contributed by atoms with Crippen LogP contribution in [0.25, 0.3) is 0 Å². The fourth-order valence-electron chi connectivity index (χ4n) is 1.33. The van der Waals surface area contributed by atoms with Crippen LogP contribution in [0, 0.1) is 6.92 Å². The molecule has 0 fully saturated rings. The second kappa shape index (κ2) is 7.43. The molecule has 0 aliphatic rings. The first-order valence-electron chi connectivity index (χ1n) is 5.72. The van der Waals surface area contributed by atoms with Crippen LogP contribution in [0.1, 0.15) is 17.7 Å². The summed E-state index contributed by atoms with van der Waals surface area (Å²) in [7, 11) is 1.21. The summed E-state index contributed by atoms with van der Waals surface area (Å²) in [5.74, 6) is -1.76. The summed E-state index contributed by atoms with van der Waals surface area (Å²) >= 11 is 1.27. The number of aliphatic carboxylic acids is 1. The van der Waals surface area contributed by atoms with E-state index in [-0.39, 0.29) is 12.8 Å². The number of anilines is 1. The normalized spacial score (nSPS) is 11.5. The van der Waals surface area contributed by atoms with Crippen LogP contribution in [0.5, 0.6) is 0 Å². The van der Waals surface area contributed by atoms with Gasteiger partial charge in [0.1, 0.15) is 6.04 Å². The molecule has 0 saturated heterocycles. The number of carboxylic acids is 1. The number of aromatic nitrogens is 1. The Kier molecular flexibility index (Phi) is 5.91. The third kappa shape index (κ3) is 5.22. The molecule has 0 aliphatic heterocycles. The van der Waals surface area contributed by atoms with Crippen molar-refractivity contribution in [2.75, 3.05) is 12.4 Å². The van der Waals surface area contributed by atoms with E-state index in [2.05, 4.69) is 20.4 Å². The van der Waals surface area contributed by atoms with E-state index in [4.69, 9.17) is 5.11 Å². The average molecular weight is 301 g/mol. The molecule has 20 heavy (non-hydrogen) atoms. The van der Waals surface area contributed by atoms with Crippen LogP contribution in [0.2, 0.25) is 0 Å². The molecule has 2 amide bonds. The van der Waals surface area contributed by atoms with Crippen molar-refractivity contribution in [3.05, 3.63) is 11.1 Å². The zero-order valence-electron chi connectivity index (χ0n) is 11.0. The number of carbonyl (C=O) groups is 3. The van der Waals surface area contributed by atoms with Gasteiger partial charge in [-0.15, -0.1) is 11.3 Å². The highest BCUT2D eigenvalue weighted by Crippen LogP contribution is 2.16. The summed E-state index contributed by atoms with van der Waals surface area (Å²) in [5.41, 5.74) is 0. The molecular formula is C11H15N3O5S. The van der Waals surface area contributed by atoms with Crippen molar-refractivity contribution >= 4 is 34.4 Å². The summed E-state index contributed by atoms with van der Waals surface area (Å²) in [5, 5.41) is 14.0.